The Morgan fingerprint density at radius 2 is 0.912 bits per heavy atom. The molecule has 0 heterocycles. The summed E-state index contributed by atoms with van der Waals surface area (Å²) in [7, 11) is 3.60. The standard InChI is InChI=1S/C30H61NO2P/c1-6-8-9-10-11-12-13-14-15-16-17-18-19-20-21-22-23-24-25-26-27-28-29-30(7-2,34(32)33)31(3,4)5/h23-24H,6-22,25-29H2,1-5H3/q+1. The Labute approximate surface area is 215 Å². The number of hydrogen-bond donors (Lipinski definition) is 0. The molecule has 1 unspecified atom stereocenters. The van der Waals surface area contributed by atoms with Gasteiger partial charge in [0.2, 0.25) is 5.28 Å². The van der Waals surface area contributed by atoms with Crippen LogP contribution in [-0.4, -0.2) is 30.9 Å². The van der Waals surface area contributed by atoms with E-state index in [4.69, 9.17) is 0 Å². The maximum Gasteiger partial charge on any atom is 0.378 e. The lowest BCUT2D eigenvalue weighted by molar-refractivity contribution is -0.908. The molecule has 0 saturated heterocycles. The molecular formula is C30H61NO2P+. The maximum absolute atomic E-state index is 12.0. The molecule has 0 amide bonds. The summed E-state index contributed by atoms with van der Waals surface area (Å²) >= 11 is 0. The summed E-state index contributed by atoms with van der Waals surface area (Å²) < 4.78 is 24.4. The Balaban J connectivity index is 3.50. The predicted octanol–water partition coefficient (Wildman–Crippen LogP) is 10.7. The highest BCUT2D eigenvalue weighted by molar-refractivity contribution is 7.32. The summed E-state index contributed by atoms with van der Waals surface area (Å²) in [4.78, 5) is 0. The summed E-state index contributed by atoms with van der Waals surface area (Å²) in [6, 6.07) is 0. The van der Waals surface area contributed by atoms with Gasteiger partial charge in [-0.2, -0.15) is 0 Å². The number of nitrogens with zero attached hydrogens (tertiary/aromatic N) is 1. The van der Waals surface area contributed by atoms with E-state index in [9.17, 15) is 9.13 Å². The molecule has 0 saturated carbocycles. The van der Waals surface area contributed by atoms with Crippen LogP contribution in [0, 0.1) is 0 Å². The molecule has 0 fully saturated rings. The predicted molar refractivity (Wildman–Crippen MR) is 151 cm³/mol. The van der Waals surface area contributed by atoms with Gasteiger partial charge in [0.25, 0.3) is 0 Å². The second-order valence-electron chi connectivity index (χ2n) is 11.4. The van der Waals surface area contributed by atoms with Gasteiger partial charge in [0.05, 0.1) is 21.1 Å². The molecule has 0 aliphatic rings. The average molecular weight is 499 g/mol. The van der Waals surface area contributed by atoms with E-state index in [1.165, 1.54) is 109 Å². The average Bonchev–Trinajstić information content (AvgIpc) is 2.78. The highest BCUT2D eigenvalue weighted by atomic mass is 31.1. The van der Waals surface area contributed by atoms with E-state index in [-0.39, 0.29) is 0 Å². The number of hydrogen-bond acceptors (Lipinski definition) is 2. The van der Waals surface area contributed by atoms with Gasteiger partial charge < -0.3 is 4.48 Å². The zero-order valence-corrected chi connectivity index (χ0v) is 24.8. The van der Waals surface area contributed by atoms with Gasteiger partial charge in [-0.25, -0.2) is 9.13 Å². The normalized spacial score (nSPS) is 14.0. The lowest BCUT2D eigenvalue weighted by Gasteiger charge is -2.40. The lowest BCUT2D eigenvalue weighted by Crippen LogP contribution is -2.53. The number of rotatable bonds is 25. The van der Waals surface area contributed by atoms with E-state index in [1.807, 2.05) is 28.1 Å². The third kappa shape index (κ3) is 16.3. The molecule has 0 N–H and O–H groups in total. The van der Waals surface area contributed by atoms with Crippen molar-refractivity contribution < 1.29 is 13.6 Å². The number of allylic oxidation sites excluding steroid dienone is 2. The van der Waals surface area contributed by atoms with Crippen molar-refractivity contribution in [1.29, 1.82) is 0 Å². The third-order valence-electron chi connectivity index (χ3n) is 7.74. The minimum atomic E-state index is -2.43. The first-order valence-corrected chi connectivity index (χ1v) is 16.1. The van der Waals surface area contributed by atoms with Gasteiger partial charge in [0.15, 0.2) is 0 Å². The minimum Gasteiger partial charge on any atom is -0.314 e. The van der Waals surface area contributed by atoms with Crippen molar-refractivity contribution in [3.05, 3.63) is 12.2 Å². The molecule has 0 rings (SSSR count). The topological polar surface area (TPSA) is 34.1 Å². The largest absolute Gasteiger partial charge is 0.378 e. The quantitative estimate of drug-likeness (QED) is 0.0543. The first-order valence-electron chi connectivity index (χ1n) is 14.9. The molecule has 0 aromatic heterocycles. The van der Waals surface area contributed by atoms with Crippen LogP contribution >= 0.6 is 7.68 Å². The Morgan fingerprint density at radius 1 is 0.559 bits per heavy atom. The molecule has 202 valence electrons. The van der Waals surface area contributed by atoms with Gasteiger partial charge in [-0.15, -0.1) is 0 Å². The highest BCUT2D eigenvalue weighted by Gasteiger charge is 2.46. The highest BCUT2D eigenvalue weighted by Crippen LogP contribution is 2.43. The van der Waals surface area contributed by atoms with Crippen molar-refractivity contribution in [3.63, 3.8) is 0 Å². The van der Waals surface area contributed by atoms with Crippen LogP contribution in [0.15, 0.2) is 12.2 Å². The van der Waals surface area contributed by atoms with Crippen molar-refractivity contribution in [2.75, 3.05) is 21.1 Å². The zero-order chi connectivity index (χ0) is 25.5. The van der Waals surface area contributed by atoms with E-state index in [0.717, 1.165) is 25.7 Å². The van der Waals surface area contributed by atoms with E-state index in [0.29, 0.717) is 10.9 Å². The summed E-state index contributed by atoms with van der Waals surface area (Å²) in [5, 5.41) is -0.612. The van der Waals surface area contributed by atoms with Gasteiger partial charge >= 0.3 is 7.68 Å². The minimum absolute atomic E-state index is 0.501. The van der Waals surface area contributed by atoms with Crippen LogP contribution in [0.25, 0.3) is 0 Å². The van der Waals surface area contributed by atoms with Gasteiger partial charge in [-0.1, -0.05) is 122 Å². The second-order valence-corrected chi connectivity index (χ2v) is 12.8. The molecule has 0 aromatic carbocycles. The fourth-order valence-electron chi connectivity index (χ4n) is 5.17. The molecule has 0 aromatic rings. The first kappa shape index (κ1) is 33.6. The van der Waals surface area contributed by atoms with Crippen LogP contribution in [0.5, 0.6) is 0 Å². The van der Waals surface area contributed by atoms with Gasteiger partial charge in [0, 0.05) is 12.8 Å². The monoisotopic (exact) mass is 498 g/mol. The van der Waals surface area contributed by atoms with E-state index in [2.05, 4.69) is 19.1 Å². The van der Waals surface area contributed by atoms with Crippen molar-refractivity contribution in [2.24, 2.45) is 0 Å². The Bertz CT molecular complexity index is 542. The van der Waals surface area contributed by atoms with Gasteiger partial charge in [-0.05, 0) is 32.1 Å². The molecule has 34 heavy (non-hydrogen) atoms. The molecule has 0 aliphatic heterocycles. The van der Waals surface area contributed by atoms with Crippen LogP contribution in [-0.2, 0) is 9.13 Å². The molecule has 0 aliphatic carbocycles. The Hall–Kier alpha value is -0.400. The molecule has 3 nitrogen and oxygen atoms in total. The summed E-state index contributed by atoms with van der Waals surface area (Å²) in [5.74, 6) is 0. The smallest absolute Gasteiger partial charge is 0.314 e. The zero-order valence-electron chi connectivity index (χ0n) is 23.9. The number of quaternary nitrogens is 1. The fraction of sp³-hybridized carbons (Fsp3) is 0.933. The van der Waals surface area contributed by atoms with Crippen LogP contribution in [0.1, 0.15) is 155 Å². The Kier molecular flexibility index (Phi) is 21.6. The summed E-state index contributed by atoms with van der Waals surface area (Å²) in [5.41, 5.74) is 0. The Morgan fingerprint density at radius 3 is 1.24 bits per heavy atom. The summed E-state index contributed by atoms with van der Waals surface area (Å²) in [6.45, 7) is 4.30. The molecule has 0 bridgehead atoms. The fourth-order valence-corrected chi connectivity index (χ4v) is 6.26. The van der Waals surface area contributed by atoms with Crippen LogP contribution in [0.2, 0.25) is 0 Å². The van der Waals surface area contributed by atoms with E-state index >= 15 is 0 Å². The molecule has 0 spiro atoms. The van der Waals surface area contributed by atoms with Crippen molar-refractivity contribution >= 4 is 7.68 Å². The van der Waals surface area contributed by atoms with Crippen molar-refractivity contribution in [1.82, 2.24) is 0 Å². The maximum atomic E-state index is 12.0. The van der Waals surface area contributed by atoms with Crippen molar-refractivity contribution in [2.45, 2.75) is 160 Å². The second kappa shape index (κ2) is 21.8. The van der Waals surface area contributed by atoms with Gasteiger partial charge in [0.1, 0.15) is 0 Å². The molecule has 4 heteroatoms. The van der Waals surface area contributed by atoms with Gasteiger partial charge in [-0.3, -0.25) is 0 Å². The molecule has 0 radical (unpaired) electrons. The number of unbranched alkanes of at least 4 members (excludes halogenated alkanes) is 18. The van der Waals surface area contributed by atoms with Crippen LogP contribution in [0.4, 0.5) is 0 Å². The van der Waals surface area contributed by atoms with Crippen molar-refractivity contribution in [3.8, 4) is 0 Å². The van der Waals surface area contributed by atoms with Crippen LogP contribution in [0.3, 0.4) is 0 Å². The first-order chi connectivity index (χ1) is 16.3. The SMILES string of the molecule is CCCCCCCCCCCCCCCCCC=CCCCCCC(CC)(P(=O)=O)[N+](C)(C)C. The molecule has 1 atom stereocenters. The third-order valence-corrected chi connectivity index (χ3v) is 9.56. The molecular weight excluding hydrogens is 437 g/mol. The van der Waals surface area contributed by atoms with Crippen LogP contribution < -0.4 is 0 Å². The summed E-state index contributed by atoms with van der Waals surface area (Å²) in [6.07, 6.45) is 33.1. The van der Waals surface area contributed by atoms with E-state index in [1.54, 1.807) is 0 Å². The lowest BCUT2D eigenvalue weighted by atomic mass is 10.0. The van der Waals surface area contributed by atoms with E-state index < -0.39 is 13.0 Å².